The molecule has 4 aromatic carbocycles. The monoisotopic (exact) mass is 1150 g/mol. The number of rotatable bonds is 33. The first kappa shape index (κ1) is 67.9. The van der Waals surface area contributed by atoms with E-state index in [0.717, 1.165) is 22.3 Å². The first-order chi connectivity index (χ1) is 39.1. The largest absolute Gasteiger partial charge is 0.511 e. The third-order valence-corrected chi connectivity index (χ3v) is 13.1. The number of amides is 8. The molecule has 0 bridgehead atoms. The molecule has 23 heteroatoms. The molecule has 0 aliphatic heterocycles. The zero-order chi connectivity index (χ0) is 60.6. The first-order valence-electron chi connectivity index (χ1n) is 26.6. The van der Waals surface area contributed by atoms with E-state index < -0.39 is 96.6 Å². The van der Waals surface area contributed by atoms with Gasteiger partial charge in [-0.1, -0.05) is 112 Å². The second kappa shape index (κ2) is 36.8. The van der Waals surface area contributed by atoms with E-state index in [1.54, 1.807) is 50.1 Å². The molecule has 8 amide bonds. The van der Waals surface area contributed by atoms with Crippen LogP contribution in [0, 0.1) is 5.92 Å². The summed E-state index contributed by atoms with van der Waals surface area (Å²) in [4.78, 5) is 101. The second-order valence-corrected chi connectivity index (χ2v) is 20.5. The van der Waals surface area contributed by atoms with Crippen molar-refractivity contribution in [2.45, 2.75) is 88.6 Å². The molecular formula is C59H80N10O12S. The lowest BCUT2D eigenvalue weighted by Crippen LogP contribution is -2.53. The third kappa shape index (κ3) is 26.7. The van der Waals surface area contributed by atoms with Crippen molar-refractivity contribution in [1.82, 2.24) is 53.2 Å². The van der Waals surface area contributed by atoms with Crippen molar-refractivity contribution in [3.8, 4) is 11.5 Å². The summed E-state index contributed by atoms with van der Waals surface area (Å²) in [5.74, 6) is -3.36. The second-order valence-electron chi connectivity index (χ2n) is 19.5. The van der Waals surface area contributed by atoms with Crippen LogP contribution in [0.3, 0.4) is 0 Å². The Labute approximate surface area is 483 Å². The Kier molecular flexibility index (Phi) is 30.4. The van der Waals surface area contributed by atoms with E-state index >= 15 is 0 Å². The van der Waals surface area contributed by atoms with Crippen LogP contribution in [-0.4, -0.2) is 156 Å². The highest BCUT2D eigenvalue weighted by molar-refractivity contribution is 7.98. The van der Waals surface area contributed by atoms with Crippen LogP contribution in [-0.2, 0) is 64.0 Å². The van der Waals surface area contributed by atoms with E-state index in [1.807, 2.05) is 80.8 Å². The van der Waals surface area contributed by atoms with Crippen LogP contribution in [0.5, 0.6) is 11.5 Å². The minimum Gasteiger partial charge on any atom is -0.511 e. The average molecular weight is 1150 g/mol. The molecule has 6 unspecified atom stereocenters. The predicted octanol–water partition coefficient (Wildman–Crippen LogP) is 1.88. The smallest absolute Gasteiger partial charge is 0.243 e. The summed E-state index contributed by atoms with van der Waals surface area (Å²) in [5, 5.41) is 65.2. The summed E-state index contributed by atoms with van der Waals surface area (Å²) < 4.78 is 0. The van der Waals surface area contributed by atoms with Gasteiger partial charge in [0.2, 0.25) is 47.3 Å². The molecule has 0 saturated heterocycles. The minimum atomic E-state index is -0.966. The number of carbonyl (C=O) groups excluding carboxylic acids is 8. The molecule has 0 saturated carbocycles. The fourth-order valence-corrected chi connectivity index (χ4v) is 8.38. The number of nitrogens with one attached hydrogen (secondary N) is 10. The van der Waals surface area contributed by atoms with E-state index in [2.05, 4.69) is 66.3 Å². The van der Waals surface area contributed by atoms with Gasteiger partial charge in [-0.05, 0) is 104 Å². The van der Waals surface area contributed by atoms with Crippen LogP contribution in [0.15, 0.2) is 134 Å². The Morgan fingerprint density at radius 1 is 0.439 bits per heavy atom. The lowest BCUT2D eigenvalue weighted by Gasteiger charge is -2.24. The minimum absolute atomic E-state index is 0.123. The standard InChI is InChI=1S/C30H41N5O6.C29H39N5O6S/c1-19(2)14-24(20(3)36)35-30(41)26(16-21-8-6-5-7-9-21)34-28(39)18-32-27(38)17-33-29(40)25(31-4)15-22-10-12-23(37)13-11-22;1-19(35)23(13-14-41-3)34-29(40)25(16-20-7-5-4-6-8-20)33-27(38)18-31-26(37)17-32-28(39)24(30-2)15-21-9-11-22(36)12-10-21/h5-13,19,24-26,31,36-37H,3,14-18H2,1-2,4H3,(H,32,38)(H,33,40)(H,34,39)(H,35,41);4-12,23-25,30,35-36H,1,13-18H2,2-3H3,(H,31,37)(H,32,39)(H,33,38)(H,34,40). The molecule has 0 aliphatic carbocycles. The Morgan fingerprint density at radius 2 is 0.780 bits per heavy atom. The average Bonchev–Trinajstić information content (AvgIpc) is 3.49. The highest BCUT2D eigenvalue weighted by Crippen LogP contribution is 2.15. The van der Waals surface area contributed by atoms with Crippen molar-refractivity contribution in [1.29, 1.82) is 0 Å². The maximum absolute atomic E-state index is 13.1. The van der Waals surface area contributed by atoms with Gasteiger partial charge in [-0.2, -0.15) is 11.8 Å². The van der Waals surface area contributed by atoms with Gasteiger partial charge in [-0.25, -0.2) is 0 Å². The predicted molar refractivity (Wildman–Crippen MR) is 315 cm³/mol. The fraction of sp³-hybridized carbons (Fsp3) is 0.390. The van der Waals surface area contributed by atoms with Gasteiger partial charge < -0.3 is 73.6 Å². The molecule has 0 spiro atoms. The summed E-state index contributed by atoms with van der Waals surface area (Å²) in [7, 11) is 3.25. The van der Waals surface area contributed by atoms with Crippen LogP contribution in [0.4, 0.5) is 0 Å². The van der Waals surface area contributed by atoms with Crippen molar-refractivity contribution in [2.75, 3.05) is 52.3 Å². The molecule has 14 N–H and O–H groups in total. The highest BCUT2D eigenvalue weighted by atomic mass is 32.2. The van der Waals surface area contributed by atoms with Crippen molar-refractivity contribution >= 4 is 59.0 Å². The molecule has 4 rings (SSSR count). The van der Waals surface area contributed by atoms with Gasteiger partial charge in [-0.3, -0.25) is 38.4 Å². The van der Waals surface area contributed by atoms with Crippen molar-refractivity contribution in [3.05, 3.63) is 156 Å². The van der Waals surface area contributed by atoms with Crippen LogP contribution in [0.1, 0.15) is 48.9 Å². The number of aliphatic hydroxyl groups is 2. The topological polar surface area (TPSA) is 338 Å². The Hall–Kier alpha value is -8.41. The normalized spacial score (nSPS) is 12.9. The molecule has 22 nitrogen and oxygen atoms in total. The summed E-state index contributed by atoms with van der Waals surface area (Å²) >= 11 is 1.56. The van der Waals surface area contributed by atoms with E-state index in [4.69, 9.17) is 0 Å². The van der Waals surface area contributed by atoms with E-state index in [0.29, 0.717) is 31.4 Å². The number of hydrogen-bond acceptors (Lipinski definition) is 15. The van der Waals surface area contributed by atoms with E-state index in [-0.39, 0.29) is 54.9 Å². The van der Waals surface area contributed by atoms with Crippen LogP contribution in [0.2, 0.25) is 0 Å². The van der Waals surface area contributed by atoms with Crippen molar-refractivity contribution in [2.24, 2.45) is 5.92 Å². The van der Waals surface area contributed by atoms with Crippen LogP contribution < -0.4 is 53.2 Å². The number of phenolic OH excluding ortho intramolecular Hbond substituents is 2. The number of carbonyl (C=O) groups is 8. The van der Waals surface area contributed by atoms with Gasteiger partial charge >= 0.3 is 0 Å². The Bertz CT molecular complexity index is 2700. The zero-order valence-electron chi connectivity index (χ0n) is 47.1. The van der Waals surface area contributed by atoms with Gasteiger partial charge in [0.05, 0.1) is 50.3 Å². The molecule has 0 fully saturated rings. The number of aromatic hydroxyl groups is 2. The third-order valence-electron chi connectivity index (χ3n) is 12.4. The molecule has 82 heavy (non-hydrogen) atoms. The quantitative estimate of drug-likeness (QED) is 0.0303. The number of thioether (sulfide) groups is 1. The van der Waals surface area contributed by atoms with Gasteiger partial charge in [0.1, 0.15) is 35.1 Å². The molecule has 444 valence electrons. The number of benzene rings is 4. The number of phenols is 2. The van der Waals surface area contributed by atoms with Crippen molar-refractivity contribution in [3.63, 3.8) is 0 Å². The lowest BCUT2D eigenvalue weighted by atomic mass is 10.0. The first-order valence-corrected chi connectivity index (χ1v) is 28.0. The van der Waals surface area contributed by atoms with E-state index in [9.17, 15) is 58.8 Å². The summed E-state index contributed by atoms with van der Waals surface area (Å²) in [5.41, 5.74) is 3.28. The number of hydrogen-bond donors (Lipinski definition) is 14. The van der Waals surface area contributed by atoms with Crippen LogP contribution >= 0.6 is 11.8 Å². The van der Waals surface area contributed by atoms with E-state index in [1.165, 1.54) is 24.3 Å². The SMILES string of the molecule is C=C(O)C(CC(C)C)NC(=O)C(Cc1ccccc1)NC(=O)CNC(=O)CNC(=O)C(Cc1ccc(O)cc1)NC.C=C(O)C(CCSC)NC(=O)C(Cc1ccccc1)NC(=O)CNC(=O)CNC(=O)C(Cc1ccc(O)cc1)NC. The zero-order valence-corrected chi connectivity index (χ0v) is 47.9. The number of likely N-dealkylation sites (N-methyl/N-ethyl adjacent to an activating group) is 2. The maximum atomic E-state index is 13.1. The van der Waals surface area contributed by atoms with Gasteiger partial charge in [-0.15, -0.1) is 0 Å². The maximum Gasteiger partial charge on any atom is 0.243 e. The van der Waals surface area contributed by atoms with Crippen LogP contribution in [0.25, 0.3) is 0 Å². The van der Waals surface area contributed by atoms with Gasteiger partial charge in [0.15, 0.2) is 0 Å². The van der Waals surface area contributed by atoms with Gasteiger partial charge in [0, 0.05) is 12.8 Å². The fourth-order valence-electron chi connectivity index (χ4n) is 7.91. The summed E-state index contributed by atoms with van der Waals surface area (Å²) in [6.07, 6.45) is 3.94. The number of aliphatic hydroxyl groups excluding tert-OH is 2. The Morgan fingerprint density at radius 3 is 1.12 bits per heavy atom. The lowest BCUT2D eigenvalue weighted by molar-refractivity contribution is -0.130. The Balaban J connectivity index is 0.000000430. The molecule has 4 aromatic rings. The molecule has 0 aromatic heterocycles. The molecule has 6 atom stereocenters. The highest BCUT2D eigenvalue weighted by Gasteiger charge is 2.28. The molecule has 0 heterocycles. The van der Waals surface area contributed by atoms with Gasteiger partial charge in [0.25, 0.3) is 0 Å². The molecule has 0 radical (unpaired) electrons. The summed E-state index contributed by atoms with van der Waals surface area (Å²) in [6, 6.07) is 26.7. The molecule has 0 aliphatic rings. The summed E-state index contributed by atoms with van der Waals surface area (Å²) in [6.45, 7) is 9.49. The molecular weight excluding hydrogens is 1070 g/mol. The van der Waals surface area contributed by atoms with Crippen molar-refractivity contribution < 1.29 is 58.8 Å².